The number of alkyl halides is 6. The van der Waals surface area contributed by atoms with Crippen LogP contribution >= 0.6 is 0 Å². The van der Waals surface area contributed by atoms with Gasteiger partial charge in [0.25, 0.3) is 0 Å². The molecule has 0 spiro atoms. The summed E-state index contributed by atoms with van der Waals surface area (Å²) in [5, 5.41) is 0. The zero-order chi connectivity index (χ0) is 20.9. The normalized spacial score (nSPS) is 28.6. The van der Waals surface area contributed by atoms with Gasteiger partial charge in [-0.1, -0.05) is 0 Å². The summed E-state index contributed by atoms with van der Waals surface area (Å²) in [7, 11) is 0. The number of hydrogen-bond donors (Lipinski definition) is 1. The Bertz CT molecular complexity index is 727. The molecule has 1 amide bonds. The van der Waals surface area contributed by atoms with E-state index in [1.165, 1.54) is 0 Å². The van der Waals surface area contributed by atoms with Crippen molar-refractivity contribution in [2.45, 2.75) is 62.8 Å². The van der Waals surface area contributed by atoms with Gasteiger partial charge in [-0.2, -0.15) is 26.3 Å². The molecule has 2 unspecified atom stereocenters. The second kappa shape index (κ2) is 6.91. The lowest BCUT2D eigenvalue weighted by atomic mass is 9.88. The van der Waals surface area contributed by atoms with Gasteiger partial charge in [-0.05, 0) is 49.9 Å². The van der Waals surface area contributed by atoms with Gasteiger partial charge in [0.15, 0.2) is 0 Å². The van der Waals surface area contributed by atoms with Gasteiger partial charge in [0.1, 0.15) is 0 Å². The van der Waals surface area contributed by atoms with E-state index in [4.69, 9.17) is 10.5 Å². The van der Waals surface area contributed by atoms with Crippen LogP contribution in [0.2, 0.25) is 0 Å². The number of piperidine rings is 1. The van der Waals surface area contributed by atoms with Gasteiger partial charge < -0.3 is 15.4 Å². The highest BCUT2D eigenvalue weighted by Crippen LogP contribution is 2.37. The molecule has 3 rings (SSSR count). The lowest BCUT2D eigenvalue weighted by molar-refractivity contribution is -0.143. The largest absolute Gasteiger partial charge is 0.416 e. The monoisotopic (exact) mass is 410 g/mol. The molecule has 0 aliphatic carbocycles. The molecule has 2 heterocycles. The first-order chi connectivity index (χ1) is 12.8. The predicted molar refractivity (Wildman–Crippen MR) is 87.0 cm³/mol. The zero-order valence-electron chi connectivity index (χ0n) is 15.0. The average molecular weight is 410 g/mol. The summed E-state index contributed by atoms with van der Waals surface area (Å²) in [4.78, 5) is 14.0. The summed E-state index contributed by atoms with van der Waals surface area (Å²) >= 11 is 0. The Balaban J connectivity index is 1.72. The topological polar surface area (TPSA) is 55.6 Å². The van der Waals surface area contributed by atoms with E-state index in [1.54, 1.807) is 11.8 Å². The average Bonchev–Trinajstić information content (AvgIpc) is 2.99. The lowest BCUT2D eigenvalue weighted by Gasteiger charge is -2.38. The Hall–Kier alpha value is -1.81. The number of nitrogens with zero attached hydrogens (tertiary/aromatic N) is 1. The van der Waals surface area contributed by atoms with Crippen LogP contribution in [-0.4, -0.2) is 35.0 Å². The van der Waals surface area contributed by atoms with Crippen molar-refractivity contribution >= 4 is 5.91 Å². The number of rotatable bonds is 3. The minimum absolute atomic E-state index is 0.0682. The molecule has 0 radical (unpaired) electrons. The summed E-state index contributed by atoms with van der Waals surface area (Å²) in [6.45, 7) is 1.45. The van der Waals surface area contributed by atoms with Crippen LogP contribution in [0.3, 0.4) is 0 Å². The number of halogens is 6. The van der Waals surface area contributed by atoms with Crippen molar-refractivity contribution in [3.63, 3.8) is 0 Å². The van der Waals surface area contributed by atoms with Gasteiger partial charge in [0, 0.05) is 12.6 Å². The molecule has 28 heavy (non-hydrogen) atoms. The molecule has 0 aromatic heterocycles. The van der Waals surface area contributed by atoms with E-state index in [2.05, 4.69) is 0 Å². The first kappa shape index (κ1) is 20.9. The molecule has 2 saturated heterocycles. The van der Waals surface area contributed by atoms with E-state index in [0.717, 1.165) is 0 Å². The highest BCUT2D eigenvalue weighted by Gasteiger charge is 2.46. The second-order valence-electron chi connectivity index (χ2n) is 7.65. The van der Waals surface area contributed by atoms with Crippen molar-refractivity contribution in [1.82, 2.24) is 4.90 Å². The molecule has 4 nitrogen and oxygen atoms in total. The third-order valence-electron chi connectivity index (χ3n) is 5.26. The van der Waals surface area contributed by atoms with Gasteiger partial charge in [-0.25, -0.2) is 0 Å². The zero-order valence-corrected chi connectivity index (χ0v) is 15.0. The number of ether oxygens (including phenoxy) is 1. The van der Waals surface area contributed by atoms with Gasteiger partial charge in [0.2, 0.25) is 5.91 Å². The molecule has 10 heteroatoms. The lowest BCUT2D eigenvalue weighted by Crippen LogP contribution is -2.58. The standard InChI is InChI=1S/C18H20F6N2O2/c1-16(25)3-2-13-7-14(8-26(13)15(16)27)28-9-10-4-11(17(19,20)21)6-12(5-10)18(22,23)24/h4-6,13-14H,2-3,7-9,25H2,1H3/t13?,14?,16-/m0/s1. The summed E-state index contributed by atoms with van der Waals surface area (Å²) in [6, 6.07) is 1.32. The van der Waals surface area contributed by atoms with Crippen molar-refractivity contribution in [3.05, 3.63) is 34.9 Å². The number of fused-ring (bicyclic) bond motifs is 1. The molecule has 1 aromatic rings. The highest BCUT2D eigenvalue weighted by atomic mass is 19.4. The van der Waals surface area contributed by atoms with E-state index >= 15 is 0 Å². The summed E-state index contributed by atoms with van der Waals surface area (Å²) < 4.78 is 83.1. The van der Waals surface area contributed by atoms with Crippen LogP contribution in [0.25, 0.3) is 0 Å². The van der Waals surface area contributed by atoms with Crippen molar-refractivity contribution in [2.75, 3.05) is 6.54 Å². The van der Waals surface area contributed by atoms with Crippen molar-refractivity contribution < 1.29 is 35.9 Å². The van der Waals surface area contributed by atoms with Gasteiger partial charge >= 0.3 is 12.4 Å². The van der Waals surface area contributed by atoms with Gasteiger partial charge in [0.05, 0.1) is 29.4 Å². The molecule has 1 aromatic carbocycles. The maximum absolute atomic E-state index is 12.9. The minimum Gasteiger partial charge on any atom is -0.372 e. The van der Waals surface area contributed by atoms with E-state index in [1.807, 2.05) is 0 Å². The van der Waals surface area contributed by atoms with Gasteiger partial charge in [-0.3, -0.25) is 4.79 Å². The predicted octanol–water partition coefficient (Wildman–Crippen LogP) is 3.72. The third kappa shape index (κ3) is 4.27. The number of carbonyl (C=O) groups excluding carboxylic acids is 1. The van der Waals surface area contributed by atoms with Crippen LogP contribution < -0.4 is 5.73 Å². The molecule has 0 saturated carbocycles. The highest BCUT2D eigenvalue weighted by molar-refractivity contribution is 5.87. The molecule has 2 N–H and O–H groups in total. The molecule has 156 valence electrons. The maximum Gasteiger partial charge on any atom is 0.416 e. The number of nitrogens with two attached hydrogens (primary N) is 1. The molecule has 2 aliphatic heterocycles. The number of benzene rings is 1. The minimum atomic E-state index is -4.90. The third-order valence-corrected chi connectivity index (χ3v) is 5.26. The van der Waals surface area contributed by atoms with Crippen molar-refractivity contribution in [2.24, 2.45) is 5.73 Å². The molecular weight excluding hydrogens is 390 g/mol. The molecule has 2 aliphatic rings. The first-order valence-electron chi connectivity index (χ1n) is 8.77. The smallest absolute Gasteiger partial charge is 0.372 e. The first-order valence-corrected chi connectivity index (χ1v) is 8.77. The fourth-order valence-electron chi connectivity index (χ4n) is 3.74. The molecule has 2 fully saturated rings. The Labute approximate surface area is 157 Å². The van der Waals surface area contributed by atoms with Crippen LogP contribution in [-0.2, 0) is 28.5 Å². The molecular formula is C18H20F6N2O2. The number of carbonyl (C=O) groups is 1. The quantitative estimate of drug-likeness (QED) is 0.773. The summed E-state index contributed by atoms with van der Waals surface area (Å²) in [5.41, 5.74) is 2.02. The fraction of sp³-hybridized carbons (Fsp3) is 0.611. The second-order valence-corrected chi connectivity index (χ2v) is 7.65. The number of hydrogen-bond acceptors (Lipinski definition) is 3. The van der Waals surface area contributed by atoms with E-state index in [0.29, 0.717) is 31.4 Å². The Morgan fingerprint density at radius 3 is 2.25 bits per heavy atom. The maximum atomic E-state index is 12.9. The van der Waals surface area contributed by atoms with Crippen LogP contribution in [0.1, 0.15) is 42.9 Å². The Kier molecular flexibility index (Phi) is 5.16. The fourth-order valence-corrected chi connectivity index (χ4v) is 3.74. The molecule has 3 atom stereocenters. The summed E-state index contributed by atoms with van der Waals surface area (Å²) in [5.74, 6) is -0.215. The van der Waals surface area contributed by atoms with E-state index in [-0.39, 0.29) is 30.1 Å². The SMILES string of the molecule is C[C@]1(N)CCC2CC(OCc3cc(C(F)(F)F)cc(C(F)(F)F)c3)CN2C1=O. The Morgan fingerprint density at radius 1 is 1.14 bits per heavy atom. The number of amides is 1. The van der Waals surface area contributed by atoms with Crippen LogP contribution in [0, 0.1) is 0 Å². The van der Waals surface area contributed by atoms with Crippen molar-refractivity contribution in [1.29, 1.82) is 0 Å². The van der Waals surface area contributed by atoms with Gasteiger partial charge in [-0.15, -0.1) is 0 Å². The van der Waals surface area contributed by atoms with Crippen LogP contribution in [0.4, 0.5) is 26.3 Å². The van der Waals surface area contributed by atoms with Crippen LogP contribution in [0.5, 0.6) is 0 Å². The molecule has 0 bridgehead atoms. The van der Waals surface area contributed by atoms with E-state index in [9.17, 15) is 31.1 Å². The Morgan fingerprint density at radius 2 is 1.71 bits per heavy atom. The van der Waals surface area contributed by atoms with Crippen molar-refractivity contribution in [3.8, 4) is 0 Å². The van der Waals surface area contributed by atoms with E-state index < -0.39 is 41.7 Å². The van der Waals surface area contributed by atoms with Crippen LogP contribution in [0.15, 0.2) is 18.2 Å². The summed E-state index contributed by atoms with van der Waals surface area (Å²) in [6.07, 6.45) is -8.59.